The monoisotopic (exact) mass is 536 g/mol. The molecule has 2 unspecified atom stereocenters. The summed E-state index contributed by atoms with van der Waals surface area (Å²) in [6.45, 7) is 4.55. The number of allylic oxidation sites excluding steroid dienone is 15. The number of hydrogen-bond donors (Lipinski definition) is 0. The molecular weight excluding hydrogens is 503 g/mol. The summed E-state index contributed by atoms with van der Waals surface area (Å²) in [6.07, 6.45) is 30.3. The van der Waals surface area contributed by atoms with Gasteiger partial charge in [-0.25, -0.2) is 0 Å². The molecule has 2 aromatic rings. The van der Waals surface area contributed by atoms with Gasteiger partial charge in [-0.15, -0.1) is 0 Å². The van der Waals surface area contributed by atoms with Gasteiger partial charge in [0, 0.05) is 0 Å². The van der Waals surface area contributed by atoms with Crippen molar-refractivity contribution in [2.75, 3.05) is 0 Å². The molecular formula is C35H34ClOP. The minimum atomic E-state index is -3.69. The van der Waals surface area contributed by atoms with Gasteiger partial charge in [-0.3, -0.25) is 0 Å². The zero-order valence-electron chi connectivity index (χ0n) is 22.0. The van der Waals surface area contributed by atoms with Crippen molar-refractivity contribution >= 4 is 29.0 Å². The number of benzene rings is 2. The molecule has 0 radical (unpaired) electrons. The van der Waals surface area contributed by atoms with Gasteiger partial charge in [0.1, 0.15) is 0 Å². The normalized spacial score (nSPS) is 24.6. The first-order valence-corrected chi connectivity index (χ1v) is 15.7. The molecule has 2 atom stereocenters. The molecule has 0 saturated heterocycles. The second kappa shape index (κ2) is 10.9. The summed E-state index contributed by atoms with van der Waals surface area (Å²) in [5.74, 6) is 0. The molecule has 0 saturated carbocycles. The van der Waals surface area contributed by atoms with E-state index in [9.17, 15) is 0 Å². The SMILES string of the molecule is C=C/C=C\C(=C/C)P1(C2=CCC=CC=C2)(c2ccc(C)cc2)OC(C2=CC=CC(Cl)C=C2)c2ccccc21. The molecule has 0 N–H and O–H groups in total. The fourth-order valence-corrected chi connectivity index (χ4v) is 12.3. The summed E-state index contributed by atoms with van der Waals surface area (Å²) in [6, 6.07) is 17.7. The Balaban J connectivity index is 1.95. The Morgan fingerprint density at radius 3 is 2.63 bits per heavy atom. The molecule has 38 heavy (non-hydrogen) atoms. The summed E-state index contributed by atoms with van der Waals surface area (Å²) in [5, 5.41) is 4.67. The molecule has 0 spiro atoms. The molecule has 2 aromatic carbocycles. The zero-order chi connectivity index (χ0) is 26.6. The van der Waals surface area contributed by atoms with Crippen LogP contribution in [-0.2, 0) is 4.52 Å². The van der Waals surface area contributed by atoms with E-state index in [2.05, 4.69) is 124 Å². The third kappa shape index (κ3) is 4.11. The number of alkyl halides is 1. The first kappa shape index (κ1) is 26.4. The Bertz CT molecular complexity index is 1480. The fraction of sp³-hybridized carbons (Fsp3) is 0.143. The maximum absolute atomic E-state index is 7.84. The second-order valence-corrected chi connectivity index (χ2v) is 14.5. The van der Waals surface area contributed by atoms with Gasteiger partial charge < -0.3 is 0 Å². The molecule has 1 heterocycles. The number of rotatable bonds is 6. The Morgan fingerprint density at radius 1 is 1.03 bits per heavy atom. The summed E-state index contributed by atoms with van der Waals surface area (Å²) in [7, 11) is 0. The van der Waals surface area contributed by atoms with Gasteiger partial charge in [-0.1, -0.05) is 0 Å². The Morgan fingerprint density at radius 2 is 1.84 bits per heavy atom. The van der Waals surface area contributed by atoms with E-state index in [0.717, 1.165) is 17.3 Å². The van der Waals surface area contributed by atoms with Crippen molar-refractivity contribution in [3.63, 3.8) is 0 Å². The predicted molar refractivity (Wildman–Crippen MR) is 168 cm³/mol. The molecule has 0 amide bonds. The van der Waals surface area contributed by atoms with Crippen LogP contribution < -0.4 is 10.6 Å². The molecule has 192 valence electrons. The van der Waals surface area contributed by atoms with Crippen LogP contribution >= 0.6 is 18.4 Å². The van der Waals surface area contributed by atoms with Gasteiger partial charge in [0.25, 0.3) is 0 Å². The van der Waals surface area contributed by atoms with Crippen LogP contribution in [-0.4, -0.2) is 5.38 Å². The van der Waals surface area contributed by atoms with E-state index in [0.29, 0.717) is 0 Å². The van der Waals surface area contributed by atoms with Crippen LogP contribution in [0.15, 0.2) is 156 Å². The van der Waals surface area contributed by atoms with E-state index in [1.54, 1.807) is 0 Å². The number of aryl methyl sites for hydroxylation is 1. The van der Waals surface area contributed by atoms with E-state index in [4.69, 9.17) is 16.1 Å². The van der Waals surface area contributed by atoms with Gasteiger partial charge in [0.2, 0.25) is 0 Å². The molecule has 3 heteroatoms. The number of fused-ring (bicyclic) bond motifs is 1. The molecule has 3 aliphatic rings. The first-order valence-electron chi connectivity index (χ1n) is 13.1. The van der Waals surface area contributed by atoms with Crippen LogP contribution in [0.4, 0.5) is 0 Å². The standard InChI is InChI=1S/C35H34ClOP/c1-4-6-16-30(5-2)38(31-17-9-7-8-10-18-31,32-25-21-27(3)22-26-32)34-20-12-11-19-33(34)35(37-38)28-14-13-15-29(36)24-23-28/h4-9,11-26,29,35H,1,10H2,2-3H3/b16-6-,30-5+. The average Bonchev–Trinajstić information content (AvgIpc) is 3.16. The van der Waals surface area contributed by atoms with Crippen molar-refractivity contribution in [3.05, 3.63) is 168 Å². The molecule has 0 fully saturated rings. The van der Waals surface area contributed by atoms with E-state index in [1.165, 1.54) is 27.1 Å². The Hall–Kier alpha value is -3.22. The maximum atomic E-state index is 7.84. The Kier molecular flexibility index (Phi) is 7.55. The van der Waals surface area contributed by atoms with Crippen LogP contribution in [0, 0.1) is 6.92 Å². The van der Waals surface area contributed by atoms with Crippen molar-refractivity contribution in [2.45, 2.75) is 31.7 Å². The summed E-state index contributed by atoms with van der Waals surface area (Å²) < 4.78 is 7.84. The fourth-order valence-electron chi connectivity index (χ4n) is 5.85. The van der Waals surface area contributed by atoms with E-state index in [1.807, 2.05) is 30.4 Å². The zero-order valence-corrected chi connectivity index (χ0v) is 23.7. The number of hydrogen-bond acceptors (Lipinski definition) is 1. The average molecular weight is 537 g/mol. The summed E-state index contributed by atoms with van der Waals surface area (Å²) in [4.78, 5) is 0. The second-order valence-electron chi connectivity index (χ2n) is 9.73. The van der Waals surface area contributed by atoms with E-state index >= 15 is 0 Å². The molecule has 0 bridgehead atoms. The minimum absolute atomic E-state index is 0.145. The summed E-state index contributed by atoms with van der Waals surface area (Å²) >= 11 is 6.46. The molecule has 0 aromatic heterocycles. The van der Waals surface area contributed by atoms with Crippen LogP contribution in [0.5, 0.6) is 0 Å². The molecule has 1 aliphatic heterocycles. The van der Waals surface area contributed by atoms with Gasteiger partial charge >= 0.3 is 233 Å². The van der Waals surface area contributed by atoms with Gasteiger partial charge in [-0.2, -0.15) is 0 Å². The van der Waals surface area contributed by atoms with Gasteiger partial charge in [-0.05, 0) is 0 Å². The van der Waals surface area contributed by atoms with Crippen molar-refractivity contribution < 1.29 is 4.52 Å². The molecule has 2 aliphatic carbocycles. The van der Waals surface area contributed by atoms with Crippen molar-refractivity contribution in [1.29, 1.82) is 0 Å². The predicted octanol–water partition coefficient (Wildman–Crippen LogP) is 9.19. The van der Waals surface area contributed by atoms with Gasteiger partial charge in [0.05, 0.1) is 0 Å². The van der Waals surface area contributed by atoms with E-state index < -0.39 is 6.83 Å². The van der Waals surface area contributed by atoms with Gasteiger partial charge in [0.15, 0.2) is 0 Å². The topological polar surface area (TPSA) is 9.23 Å². The third-order valence-corrected chi connectivity index (χ3v) is 13.8. The Labute approximate surface area is 232 Å². The van der Waals surface area contributed by atoms with Crippen LogP contribution in [0.3, 0.4) is 0 Å². The van der Waals surface area contributed by atoms with Crippen LogP contribution in [0.1, 0.15) is 30.6 Å². The van der Waals surface area contributed by atoms with Crippen molar-refractivity contribution in [3.8, 4) is 0 Å². The number of halogens is 1. The third-order valence-electron chi connectivity index (χ3n) is 7.54. The van der Waals surface area contributed by atoms with Crippen LogP contribution in [0.25, 0.3) is 0 Å². The van der Waals surface area contributed by atoms with E-state index in [-0.39, 0.29) is 11.5 Å². The van der Waals surface area contributed by atoms with Crippen molar-refractivity contribution in [1.82, 2.24) is 0 Å². The van der Waals surface area contributed by atoms with Crippen LogP contribution in [0.2, 0.25) is 0 Å². The molecule has 5 rings (SSSR count). The first-order chi connectivity index (χ1) is 18.5. The molecule has 1 nitrogen and oxygen atoms in total. The summed E-state index contributed by atoms with van der Waals surface area (Å²) in [5.41, 5.74) is 3.51. The quantitative estimate of drug-likeness (QED) is 0.203. The van der Waals surface area contributed by atoms with Crippen molar-refractivity contribution in [2.24, 2.45) is 0 Å².